The Morgan fingerprint density at radius 2 is 2.09 bits per heavy atom. The van der Waals surface area contributed by atoms with Crippen LogP contribution < -0.4 is 5.32 Å². The van der Waals surface area contributed by atoms with Crippen LogP contribution in [0.3, 0.4) is 0 Å². The Kier molecular flexibility index (Phi) is 2.94. The fourth-order valence-corrected chi connectivity index (χ4v) is 1.35. The molecule has 1 aliphatic rings. The largest absolute Gasteiger partial charge is 0.314 e. The second kappa shape index (κ2) is 3.57. The Morgan fingerprint density at radius 1 is 1.45 bits per heavy atom. The summed E-state index contributed by atoms with van der Waals surface area (Å²) in [6, 6.07) is 0.720. The standard InChI is InChI=1S/C10H21N/c1-4-5-9(2)11-8-10(3)6-7-10/h9,11H,4-8H2,1-3H3. The van der Waals surface area contributed by atoms with Crippen LogP contribution in [-0.4, -0.2) is 12.6 Å². The molecule has 0 heterocycles. The molecule has 0 spiro atoms. The van der Waals surface area contributed by atoms with E-state index >= 15 is 0 Å². The second-order valence-corrected chi connectivity index (χ2v) is 4.38. The van der Waals surface area contributed by atoms with E-state index in [1.165, 1.54) is 32.2 Å². The van der Waals surface area contributed by atoms with Gasteiger partial charge in [-0.3, -0.25) is 0 Å². The zero-order chi connectivity index (χ0) is 8.32. The third-order valence-corrected chi connectivity index (χ3v) is 2.70. The van der Waals surface area contributed by atoms with Gasteiger partial charge in [0, 0.05) is 12.6 Å². The molecule has 0 aromatic carbocycles. The Labute approximate surface area is 70.6 Å². The molecule has 1 N–H and O–H groups in total. The van der Waals surface area contributed by atoms with Crippen molar-refractivity contribution in [1.82, 2.24) is 5.32 Å². The van der Waals surface area contributed by atoms with Crippen molar-refractivity contribution in [2.45, 2.75) is 52.5 Å². The van der Waals surface area contributed by atoms with Gasteiger partial charge in [-0.25, -0.2) is 0 Å². The van der Waals surface area contributed by atoms with Crippen molar-refractivity contribution >= 4 is 0 Å². The van der Waals surface area contributed by atoms with Crippen molar-refractivity contribution in [3.63, 3.8) is 0 Å². The fourth-order valence-electron chi connectivity index (χ4n) is 1.35. The van der Waals surface area contributed by atoms with Gasteiger partial charge < -0.3 is 5.32 Å². The quantitative estimate of drug-likeness (QED) is 0.643. The SMILES string of the molecule is CCCC(C)NCC1(C)CC1. The van der Waals surface area contributed by atoms with Gasteiger partial charge >= 0.3 is 0 Å². The van der Waals surface area contributed by atoms with Crippen molar-refractivity contribution in [3.05, 3.63) is 0 Å². The lowest BCUT2D eigenvalue weighted by Crippen LogP contribution is -2.30. The van der Waals surface area contributed by atoms with Gasteiger partial charge in [-0.1, -0.05) is 20.3 Å². The summed E-state index contributed by atoms with van der Waals surface area (Å²) in [7, 11) is 0. The molecule has 1 aliphatic carbocycles. The van der Waals surface area contributed by atoms with Crippen LogP contribution in [0.4, 0.5) is 0 Å². The van der Waals surface area contributed by atoms with E-state index in [1.54, 1.807) is 0 Å². The average Bonchev–Trinajstić information content (AvgIpc) is 2.66. The van der Waals surface area contributed by atoms with Crippen LogP contribution in [0.1, 0.15) is 46.5 Å². The minimum atomic E-state index is 0.669. The lowest BCUT2D eigenvalue weighted by atomic mass is 10.1. The Bertz CT molecular complexity index is 116. The Balaban J connectivity index is 2.01. The van der Waals surface area contributed by atoms with Crippen LogP contribution in [0.15, 0.2) is 0 Å². The molecule has 0 aromatic rings. The second-order valence-electron chi connectivity index (χ2n) is 4.38. The molecule has 0 radical (unpaired) electrons. The predicted octanol–water partition coefficient (Wildman–Crippen LogP) is 2.56. The third-order valence-electron chi connectivity index (χ3n) is 2.70. The lowest BCUT2D eigenvalue weighted by Gasteiger charge is -2.15. The summed E-state index contributed by atoms with van der Waals surface area (Å²) in [6.45, 7) is 8.14. The van der Waals surface area contributed by atoms with Crippen molar-refractivity contribution < 1.29 is 0 Å². The van der Waals surface area contributed by atoms with E-state index in [4.69, 9.17) is 0 Å². The highest BCUT2D eigenvalue weighted by Gasteiger charge is 2.36. The molecule has 1 nitrogen and oxygen atoms in total. The summed E-state index contributed by atoms with van der Waals surface area (Å²) >= 11 is 0. The molecule has 1 saturated carbocycles. The first-order valence-electron chi connectivity index (χ1n) is 4.90. The smallest absolute Gasteiger partial charge is 0.00388 e. The highest BCUT2D eigenvalue weighted by Crippen LogP contribution is 2.44. The third kappa shape index (κ3) is 3.24. The van der Waals surface area contributed by atoms with Gasteiger partial charge in [-0.2, -0.15) is 0 Å². The maximum atomic E-state index is 3.59. The van der Waals surface area contributed by atoms with Crippen molar-refractivity contribution in [2.75, 3.05) is 6.54 Å². The first-order valence-corrected chi connectivity index (χ1v) is 4.90. The van der Waals surface area contributed by atoms with Crippen LogP contribution in [0.5, 0.6) is 0 Å². The first kappa shape index (κ1) is 9.05. The van der Waals surface area contributed by atoms with E-state index in [9.17, 15) is 0 Å². The number of rotatable bonds is 5. The van der Waals surface area contributed by atoms with Gasteiger partial charge in [-0.15, -0.1) is 0 Å². The molecule has 11 heavy (non-hydrogen) atoms. The minimum Gasteiger partial charge on any atom is -0.314 e. The molecule has 1 heteroatoms. The monoisotopic (exact) mass is 155 g/mol. The molecule has 1 rings (SSSR count). The highest BCUT2D eigenvalue weighted by atomic mass is 14.9. The molecule has 1 fully saturated rings. The summed E-state index contributed by atoms with van der Waals surface area (Å²) in [6.07, 6.45) is 5.47. The van der Waals surface area contributed by atoms with Crippen LogP contribution in [-0.2, 0) is 0 Å². The summed E-state index contributed by atoms with van der Waals surface area (Å²) in [5.41, 5.74) is 0.669. The van der Waals surface area contributed by atoms with E-state index < -0.39 is 0 Å². The molecule has 66 valence electrons. The maximum absolute atomic E-state index is 3.59. The highest BCUT2D eigenvalue weighted by molar-refractivity contribution is 4.90. The van der Waals surface area contributed by atoms with Crippen LogP contribution in [0.2, 0.25) is 0 Å². The van der Waals surface area contributed by atoms with Crippen molar-refractivity contribution in [2.24, 2.45) is 5.41 Å². The predicted molar refractivity (Wildman–Crippen MR) is 49.7 cm³/mol. The molecule has 0 aliphatic heterocycles. The maximum Gasteiger partial charge on any atom is 0.00388 e. The summed E-state index contributed by atoms with van der Waals surface area (Å²) in [5.74, 6) is 0. The number of hydrogen-bond acceptors (Lipinski definition) is 1. The van der Waals surface area contributed by atoms with E-state index in [2.05, 4.69) is 26.1 Å². The molecular formula is C10H21N. The average molecular weight is 155 g/mol. The number of nitrogens with one attached hydrogen (secondary N) is 1. The summed E-state index contributed by atoms with van der Waals surface area (Å²) < 4.78 is 0. The minimum absolute atomic E-state index is 0.669. The molecule has 1 unspecified atom stereocenters. The van der Waals surface area contributed by atoms with E-state index in [-0.39, 0.29) is 0 Å². The molecule has 0 bridgehead atoms. The van der Waals surface area contributed by atoms with Gasteiger partial charge in [0.25, 0.3) is 0 Å². The normalized spacial score (nSPS) is 23.2. The number of hydrogen-bond donors (Lipinski definition) is 1. The topological polar surface area (TPSA) is 12.0 Å². The zero-order valence-electron chi connectivity index (χ0n) is 8.11. The first-order chi connectivity index (χ1) is 5.16. The fraction of sp³-hybridized carbons (Fsp3) is 1.00. The van der Waals surface area contributed by atoms with Gasteiger partial charge in [0.1, 0.15) is 0 Å². The van der Waals surface area contributed by atoms with Gasteiger partial charge in [0.05, 0.1) is 0 Å². The lowest BCUT2D eigenvalue weighted by molar-refractivity contribution is 0.432. The van der Waals surface area contributed by atoms with Crippen LogP contribution in [0.25, 0.3) is 0 Å². The summed E-state index contributed by atoms with van der Waals surface area (Å²) in [5, 5.41) is 3.59. The molecule has 0 amide bonds. The Hall–Kier alpha value is -0.0400. The van der Waals surface area contributed by atoms with Gasteiger partial charge in [0.15, 0.2) is 0 Å². The van der Waals surface area contributed by atoms with E-state index in [1.807, 2.05) is 0 Å². The van der Waals surface area contributed by atoms with Crippen LogP contribution in [0, 0.1) is 5.41 Å². The zero-order valence-corrected chi connectivity index (χ0v) is 8.11. The van der Waals surface area contributed by atoms with Crippen LogP contribution >= 0.6 is 0 Å². The van der Waals surface area contributed by atoms with E-state index in [0.29, 0.717) is 5.41 Å². The Morgan fingerprint density at radius 3 is 2.55 bits per heavy atom. The van der Waals surface area contributed by atoms with Crippen molar-refractivity contribution in [1.29, 1.82) is 0 Å². The van der Waals surface area contributed by atoms with Crippen molar-refractivity contribution in [3.8, 4) is 0 Å². The van der Waals surface area contributed by atoms with E-state index in [0.717, 1.165) is 6.04 Å². The van der Waals surface area contributed by atoms with Gasteiger partial charge in [-0.05, 0) is 31.6 Å². The molecule has 1 atom stereocenters. The molecular weight excluding hydrogens is 134 g/mol. The molecule has 0 aromatic heterocycles. The summed E-state index contributed by atoms with van der Waals surface area (Å²) in [4.78, 5) is 0. The molecule has 0 saturated heterocycles. The van der Waals surface area contributed by atoms with Gasteiger partial charge in [0.2, 0.25) is 0 Å².